The number of nitrogens with two attached hydrogens (primary N) is 1. The molecule has 18 heavy (non-hydrogen) atoms. The Balaban J connectivity index is 1.76. The van der Waals surface area contributed by atoms with Gasteiger partial charge in [0.05, 0.1) is 10.7 Å². The molecule has 0 atom stereocenters. The fourth-order valence-corrected chi connectivity index (χ4v) is 5.46. The van der Waals surface area contributed by atoms with Crippen molar-refractivity contribution in [2.75, 3.05) is 5.73 Å². The van der Waals surface area contributed by atoms with Crippen molar-refractivity contribution in [1.29, 1.82) is 0 Å². The summed E-state index contributed by atoms with van der Waals surface area (Å²) in [6.07, 6.45) is 8.63. The zero-order chi connectivity index (χ0) is 12.3. The molecule has 4 saturated carbocycles. The Morgan fingerprint density at radius 2 is 1.56 bits per heavy atom. The first-order valence-corrected chi connectivity index (χ1v) is 7.58. The zero-order valence-electron chi connectivity index (χ0n) is 10.7. The second kappa shape index (κ2) is 3.66. The third-order valence-electron chi connectivity index (χ3n) is 5.65. The highest BCUT2D eigenvalue weighted by atomic mass is 35.5. The second-order valence-corrected chi connectivity index (χ2v) is 7.34. The highest BCUT2D eigenvalue weighted by Crippen LogP contribution is 2.60. The van der Waals surface area contributed by atoms with E-state index in [4.69, 9.17) is 17.3 Å². The molecule has 1 aromatic rings. The molecule has 0 radical (unpaired) electrons. The Bertz CT molecular complexity index is 459. The molecule has 0 amide bonds. The summed E-state index contributed by atoms with van der Waals surface area (Å²) in [6, 6.07) is 6.37. The number of rotatable bonds is 1. The minimum atomic E-state index is 0.438. The summed E-state index contributed by atoms with van der Waals surface area (Å²) in [4.78, 5) is 0. The largest absolute Gasteiger partial charge is 0.398 e. The molecule has 0 heterocycles. The van der Waals surface area contributed by atoms with Crippen molar-refractivity contribution < 1.29 is 0 Å². The fourth-order valence-electron chi connectivity index (χ4n) is 5.34. The summed E-state index contributed by atoms with van der Waals surface area (Å²) in [7, 11) is 0. The first-order chi connectivity index (χ1) is 8.64. The lowest BCUT2D eigenvalue weighted by atomic mass is 9.48. The highest BCUT2D eigenvalue weighted by molar-refractivity contribution is 6.33. The van der Waals surface area contributed by atoms with Crippen molar-refractivity contribution in [3.63, 3.8) is 0 Å². The van der Waals surface area contributed by atoms with Crippen LogP contribution in [0.3, 0.4) is 0 Å². The predicted molar refractivity (Wildman–Crippen MR) is 75.7 cm³/mol. The molecule has 0 unspecified atom stereocenters. The normalized spacial score (nSPS) is 41.3. The molecule has 0 aliphatic heterocycles. The zero-order valence-corrected chi connectivity index (χ0v) is 11.4. The molecule has 1 aromatic carbocycles. The van der Waals surface area contributed by atoms with Gasteiger partial charge in [0.1, 0.15) is 0 Å². The highest BCUT2D eigenvalue weighted by Gasteiger charge is 2.51. The molecule has 4 aliphatic rings. The van der Waals surface area contributed by atoms with Crippen LogP contribution in [0.15, 0.2) is 18.2 Å². The molecular formula is C16H20ClN. The van der Waals surface area contributed by atoms with Gasteiger partial charge < -0.3 is 5.73 Å². The lowest BCUT2D eigenvalue weighted by Crippen LogP contribution is -2.48. The average molecular weight is 262 g/mol. The number of nitrogen functional groups attached to an aromatic ring is 1. The summed E-state index contributed by atoms with van der Waals surface area (Å²) in [6.45, 7) is 0. The van der Waals surface area contributed by atoms with Gasteiger partial charge in [-0.3, -0.25) is 0 Å². The molecule has 2 heteroatoms. The summed E-state index contributed by atoms with van der Waals surface area (Å²) < 4.78 is 0. The van der Waals surface area contributed by atoms with Gasteiger partial charge in [-0.05, 0) is 79.4 Å². The summed E-state index contributed by atoms with van der Waals surface area (Å²) in [5.74, 6) is 2.94. The maximum absolute atomic E-state index is 6.06. The molecule has 5 rings (SSSR count). The van der Waals surface area contributed by atoms with Crippen LogP contribution in [0.25, 0.3) is 0 Å². The third kappa shape index (κ3) is 1.53. The Labute approximate surface area is 114 Å². The molecule has 1 nitrogen and oxygen atoms in total. The molecule has 4 fully saturated rings. The van der Waals surface area contributed by atoms with Gasteiger partial charge in [0.2, 0.25) is 0 Å². The summed E-state index contributed by atoms with van der Waals surface area (Å²) >= 11 is 6.06. The van der Waals surface area contributed by atoms with E-state index in [2.05, 4.69) is 12.1 Å². The monoisotopic (exact) mass is 261 g/mol. The maximum atomic E-state index is 6.06. The van der Waals surface area contributed by atoms with Gasteiger partial charge in [0.15, 0.2) is 0 Å². The summed E-state index contributed by atoms with van der Waals surface area (Å²) in [5.41, 5.74) is 8.66. The van der Waals surface area contributed by atoms with E-state index in [0.717, 1.165) is 23.4 Å². The van der Waals surface area contributed by atoms with E-state index in [1.807, 2.05) is 6.07 Å². The van der Waals surface area contributed by atoms with Gasteiger partial charge >= 0.3 is 0 Å². The first-order valence-electron chi connectivity index (χ1n) is 7.20. The number of benzene rings is 1. The van der Waals surface area contributed by atoms with Crippen LogP contribution < -0.4 is 5.73 Å². The molecule has 0 aromatic heterocycles. The van der Waals surface area contributed by atoms with Gasteiger partial charge in [-0.15, -0.1) is 0 Å². The van der Waals surface area contributed by atoms with E-state index in [-0.39, 0.29) is 0 Å². The van der Waals surface area contributed by atoms with Crippen molar-refractivity contribution in [1.82, 2.24) is 0 Å². The van der Waals surface area contributed by atoms with Crippen LogP contribution in [0.1, 0.15) is 44.1 Å². The summed E-state index contributed by atoms with van der Waals surface area (Å²) in [5, 5.41) is 0.698. The molecule has 0 spiro atoms. The van der Waals surface area contributed by atoms with Crippen LogP contribution in [-0.4, -0.2) is 0 Å². The Hall–Kier alpha value is -0.690. The van der Waals surface area contributed by atoms with E-state index < -0.39 is 0 Å². The third-order valence-corrected chi connectivity index (χ3v) is 5.99. The van der Waals surface area contributed by atoms with Gasteiger partial charge in [-0.2, -0.15) is 0 Å². The standard InChI is InChI=1S/C16H20ClN/c17-14-2-1-13(6-15(14)18)16-7-10-3-11(8-16)5-12(4-10)9-16/h1-2,6,10-12H,3-5,7-9,18H2. The van der Waals surface area contributed by atoms with Gasteiger partial charge in [-0.1, -0.05) is 17.7 Å². The average Bonchev–Trinajstić information content (AvgIpc) is 2.31. The molecule has 0 saturated heterocycles. The molecule has 2 N–H and O–H groups in total. The number of halogens is 1. The Kier molecular flexibility index (Phi) is 2.27. The fraction of sp³-hybridized carbons (Fsp3) is 0.625. The Morgan fingerprint density at radius 1 is 1.00 bits per heavy atom. The predicted octanol–water partition coefficient (Wildman–Crippen LogP) is 4.39. The van der Waals surface area contributed by atoms with Crippen LogP contribution in [0, 0.1) is 17.8 Å². The van der Waals surface area contributed by atoms with E-state index in [1.54, 1.807) is 0 Å². The number of hydrogen-bond acceptors (Lipinski definition) is 1. The first kappa shape index (κ1) is 11.2. The molecule has 4 aliphatic carbocycles. The van der Waals surface area contributed by atoms with Gasteiger partial charge in [-0.25, -0.2) is 0 Å². The second-order valence-electron chi connectivity index (χ2n) is 6.93. The maximum Gasteiger partial charge on any atom is 0.0635 e. The lowest BCUT2D eigenvalue weighted by Gasteiger charge is -2.57. The van der Waals surface area contributed by atoms with Crippen LogP contribution in [0.4, 0.5) is 5.69 Å². The SMILES string of the molecule is Nc1cc(C23CC4CC(CC(C4)C2)C3)ccc1Cl. The number of anilines is 1. The van der Waals surface area contributed by atoms with Crippen LogP contribution in [-0.2, 0) is 5.41 Å². The van der Waals surface area contributed by atoms with Gasteiger partial charge in [0, 0.05) is 0 Å². The number of hydrogen-bond donors (Lipinski definition) is 1. The smallest absolute Gasteiger partial charge is 0.0635 e. The van der Waals surface area contributed by atoms with E-state index in [0.29, 0.717) is 10.4 Å². The molecule has 4 bridgehead atoms. The van der Waals surface area contributed by atoms with Crippen molar-refractivity contribution in [3.05, 3.63) is 28.8 Å². The van der Waals surface area contributed by atoms with Crippen molar-refractivity contribution >= 4 is 17.3 Å². The minimum absolute atomic E-state index is 0.438. The van der Waals surface area contributed by atoms with Crippen molar-refractivity contribution in [3.8, 4) is 0 Å². The van der Waals surface area contributed by atoms with Crippen molar-refractivity contribution in [2.24, 2.45) is 17.8 Å². The lowest BCUT2D eigenvalue weighted by molar-refractivity contribution is -0.00516. The Morgan fingerprint density at radius 3 is 2.06 bits per heavy atom. The van der Waals surface area contributed by atoms with Crippen LogP contribution >= 0.6 is 11.6 Å². The quantitative estimate of drug-likeness (QED) is 0.746. The van der Waals surface area contributed by atoms with Gasteiger partial charge in [0.25, 0.3) is 0 Å². The topological polar surface area (TPSA) is 26.0 Å². The van der Waals surface area contributed by atoms with Crippen LogP contribution in [0.2, 0.25) is 5.02 Å². The molecular weight excluding hydrogens is 242 g/mol. The van der Waals surface area contributed by atoms with Crippen LogP contribution in [0.5, 0.6) is 0 Å². The van der Waals surface area contributed by atoms with Crippen molar-refractivity contribution in [2.45, 2.75) is 43.9 Å². The molecule has 96 valence electrons. The minimum Gasteiger partial charge on any atom is -0.398 e. The van der Waals surface area contributed by atoms with E-state index in [1.165, 1.54) is 44.1 Å². The van der Waals surface area contributed by atoms with E-state index >= 15 is 0 Å². The van der Waals surface area contributed by atoms with E-state index in [9.17, 15) is 0 Å².